The Kier molecular flexibility index (Phi) is 8.15. The van der Waals surface area contributed by atoms with Crippen LogP contribution in [0.15, 0.2) is 0 Å². The van der Waals surface area contributed by atoms with Crippen LogP contribution < -0.4 is 5.32 Å². The molecule has 1 amide bonds. The smallest absolute Gasteiger partial charge is 0.336 e. The van der Waals surface area contributed by atoms with E-state index in [0.29, 0.717) is 0 Å². The molecule has 0 fully saturated rings. The van der Waals surface area contributed by atoms with E-state index < -0.39 is 29.7 Å². The van der Waals surface area contributed by atoms with E-state index in [9.17, 15) is 19.2 Å². The van der Waals surface area contributed by atoms with Gasteiger partial charge in [0.25, 0.3) is 0 Å². The fraction of sp³-hybridized carbons (Fsp3) is 0.667. The van der Waals surface area contributed by atoms with Crippen molar-refractivity contribution in [3.8, 4) is 0 Å². The Labute approximate surface area is 111 Å². The molecule has 7 heteroatoms. The molecule has 0 radical (unpaired) electrons. The highest BCUT2D eigenvalue weighted by Gasteiger charge is 2.28. The maximum atomic E-state index is 11.8. The van der Waals surface area contributed by atoms with Crippen molar-refractivity contribution in [2.75, 3.05) is 13.2 Å². The lowest BCUT2D eigenvalue weighted by molar-refractivity contribution is -0.151. The van der Waals surface area contributed by atoms with Crippen LogP contribution in [0.1, 0.15) is 33.6 Å². The molecular weight excluding hydrogens is 254 g/mol. The van der Waals surface area contributed by atoms with Crippen molar-refractivity contribution in [2.24, 2.45) is 0 Å². The van der Waals surface area contributed by atoms with Gasteiger partial charge >= 0.3 is 11.9 Å². The molecule has 0 saturated heterocycles. The molecule has 0 aliphatic carbocycles. The predicted octanol–water partition coefficient (Wildman–Crippen LogP) is -0.0334. The molecule has 1 atom stereocenters. The number of Topliss-reactive ketones (excluding diaryl/α,β-unsaturated/α-hetero) is 1. The van der Waals surface area contributed by atoms with Crippen LogP contribution >= 0.6 is 0 Å². The van der Waals surface area contributed by atoms with Crippen LogP contribution in [0.25, 0.3) is 0 Å². The van der Waals surface area contributed by atoms with Crippen molar-refractivity contribution in [3.05, 3.63) is 0 Å². The van der Waals surface area contributed by atoms with Gasteiger partial charge in [-0.3, -0.25) is 14.4 Å². The minimum Gasteiger partial charge on any atom is -0.466 e. The van der Waals surface area contributed by atoms with E-state index >= 15 is 0 Å². The number of esters is 2. The van der Waals surface area contributed by atoms with Gasteiger partial charge in [0.1, 0.15) is 0 Å². The molecule has 108 valence electrons. The first-order chi connectivity index (χ1) is 8.92. The van der Waals surface area contributed by atoms with Crippen molar-refractivity contribution < 1.29 is 28.7 Å². The molecule has 0 heterocycles. The number of carbonyl (C=O) groups is 4. The summed E-state index contributed by atoms with van der Waals surface area (Å²) in [5, 5.41) is 2.20. The lowest BCUT2D eigenvalue weighted by Crippen LogP contribution is -2.46. The van der Waals surface area contributed by atoms with Crippen LogP contribution in [0.3, 0.4) is 0 Å². The minimum absolute atomic E-state index is 0.0973. The Morgan fingerprint density at radius 1 is 1.00 bits per heavy atom. The van der Waals surface area contributed by atoms with Gasteiger partial charge in [0.2, 0.25) is 5.91 Å². The van der Waals surface area contributed by atoms with Crippen LogP contribution in [0, 0.1) is 0 Å². The van der Waals surface area contributed by atoms with Crippen LogP contribution in [0.5, 0.6) is 0 Å². The largest absolute Gasteiger partial charge is 0.466 e. The van der Waals surface area contributed by atoms with Crippen LogP contribution in [-0.4, -0.2) is 42.9 Å². The second kappa shape index (κ2) is 9.07. The molecule has 0 spiro atoms. The van der Waals surface area contributed by atoms with Crippen molar-refractivity contribution in [3.63, 3.8) is 0 Å². The summed E-state index contributed by atoms with van der Waals surface area (Å²) >= 11 is 0. The summed E-state index contributed by atoms with van der Waals surface area (Å²) in [5.41, 5.74) is 0. The lowest BCUT2D eigenvalue weighted by atomic mass is 10.1. The Balaban J connectivity index is 4.50. The molecule has 0 aromatic heterocycles. The Bertz CT molecular complexity index is 352. The summed E-state index contributed by atoms with van der Waals surface area (Å²) in [5.74, 6) is -2.46. The first-order valence-electron chi connectivity index (χ1n) is 6.04. The van der Waals surface area contributed by atoms with Crippen molar-refractivity contribution in [2.45, 2.75) is 39.7 Å². The van der Waals surface area contributed by atoms with Gasteiger partial charge in [-0.25, -0.2) is 4.79 Å². The molecule has 0 unspecified atom stereocenters. The summed E-state index contributed by atoms with van der Waals surface area (Å²) < 4.78 is 9.36. The van der Waals surface area contributed by atoms with Crippen molar-refractivity contribution in [1.82, 2.24) is 5.32 Å². The molecule has 0 aromatic rings. The summed E-state index contributed by atoms with van der Waals surface area (Å²) in [4.78, 5) is 45.4. The Hall–Kier alpha value is -1.92. The van der Waals surface area contributed by atoms with Gasteiger partial charge in [-0.05, 0) is 13.8 Å². The normalized spacial score (nSPS) is 11.3. The third kappa shape index (κ3) is 7.17. The number of ether oxygens (including phenoxy) is 2. The molecule has 0 bridgehead atoms. The first-order valence-corrected chi connectivity index (χ1v) is 6.04. The molecule has 7 nitrogen and oxygen atoms in total. The van der Waals surface area contributed by atoms with Gasteiger partial charge < -0.3 is 14.8 Å². The van der Waals surface area contributed by atoms with Gasteiger partial charge in [-0.1, -0.05) is 0 Å². The number of nitrogens with one attached hydrogen (secondary N) is 1. The number of rotatable bonds is 8. The maximum absolute atomic E-state index is 11.8. The number of hydrogen-bond donors (Lipinski definition) is 1. The molecule has 0 aromatic carbocycles. The molecule has 1 N–H and O–H groups in total. The van der Waals surface area contributed by atoms with Crippen molar-refractivity contribution in [1.29, 1.82) is 0 Å². The number of ketones is 1. The van der Waals surface area contributed by atoms with Crippen LogP contribution in [0.4, 0.5) is 0 Å². The Morgan fingerprint density at radius 2 is 1.58 bits per heavy atom. The zero-order valence-corrected chi connectivity index (χ0v) is 11.4. The minimum atomic E-state index is -1.37. The topological polar surface area (TPSA) is 98.8 Å². The van der Waals surface area contributed by atoms with Gasteiger partial charge in [0.05, 0.1) is 19.6 Å². The molecule has 19 heavy (non-hydrogen) atoms. The standard InChI is InChI=1S/C12H19NO6/c1-4-18-10(16)7-6-9(15)11(13-8(3)14)12(17)19-5-2/h11H,4-7H2,1-3H3,(H,13,14)/t11-/m1/s1. The highest BCUT2D eigenvalue weighted by Crippen LogP contribution is 2.01. The van der Waals surface area contributed by atoms with Crippen molar-refractivity contribution >= 4 is 23.6 Å². The monoisotopic (exact) mass is 273 g/mol. The van der Waals surface area contributed by atoms with Gasteiger partial charge in [-0.2, -0.15) is 0 Å². The van der Waals surface area contributed by atoms with Crippen LogP contribution in [0.2, 0.25) is 0 Å². The second-order valence-electron chi connectivity index (χ2n) is 3.66. The lowest BCUT2D eigenvalue weighted by Gasteiger charge is -2.14. The van der Waals surface area contributed by atoms with E-state index in [1.165, 1.54) is 6.92 Å². The van der Waals surface area contributed by atoms with E-state index in [4.69, 9.17) is 0 Å². The maximum Gasteiger partial charge on any atom is 0.336 e. The zero-order chi connectivity index (χ0) is 14.8. The van der Waals surface area contributed by atoms with Gasteiger partial charge in [0, 0.05) is 13.3 Å². The zero-order valence-electron chi connectivity index (χ0n) is 11.4. The molecule has 0 aliphatic heterocycles. The quantitative estimate of drug-likeness (QED) is 0.492. The fourth-order valence-corrected chi connectivity index (χ4v) is 1.30. The Morgan fingerprint density at radius 3 is 2.05 bits per heavy atom. The summed E-state index contributed by atoms with van der Waals surface area (Å²) in [6, 6.07) is -1.37. The molecule has 0 saturated carbocycles. The van der Waals surface area contributed by atoms with Gasteiger partial charge in [-0.15, -0.1) is 0 Å². The molecular formula is C12H19NO6. The number of carbonyl (C=O) groups excluding carboxylic acids is 4. The molecule has 0 aliphatic rings. The third-order valence-corrected chi connectivity index (χ3v) is 2.07. The van der Waals surface area contributed by atoms with Gasteiger partial charge in [0.15, 0.2) is 11.8 Å². The fourth-order valence-electron chi connectivity index (χ4n) is 1.30. The summed E-state index contributed by atoms with van der Waals surface area (Å²) in [6.07, 6.45) is -0.329. The first kappa shape index (κ1) is 17.1. The summed E-state index contributed by atoms with van der Waals surface area (Å²) in [6.45, 7) is 4.75. The van der Waals surface area contributed by atoms with E-state index in [0.717, 1.165) is 0 Å². The van der Waals surface area contributed by atoms with E-state index in [-0.39, 0.29) is 26.1 Å². The molecule has 0 rings (SSSR count). The van der Waals surface area contributed by atoms with E-state index in [1.807, 2.05) is 0 Å². The van der Waals surface area contributed by atoms with Crippen LogP contribution in [-0.2, 0) is 28.7 Å². The SMILES string of the molecule is CCOC(=O)CCC(=O)[C@@H](NC(C)=O)C(=O)OCC. The van der Waals surface area contributed by atoms with E-state index in [2.05, 4.69) is 14.8 Å². The predicted molar refractivity (Wildman–Crippen MR) is 65.1 cm³/mol. The summed E-state index contributed by atoms with van der Waals surface area (Å²) in [7, 11) is 0. The highest BCUT2D eigenvalue weighted by atomic mass is 16.5. The highest BCUT2D eigenvalue weighted by molar-refractivity contribution is 6.06. The second-order valence-corrected chi connectivity index (χ2v) is 3.66. The third-order valence-electron chi connectivity index (χ3n) is 2.07. The number of amides is 1. The average Bonchev–Trinajstić information content (AvgIpc) is 2.33. The number of hydrogen-bond acceptors (Lipinski definition) is 6. The average molecular weight is 273 g/mol. The van der Waals surface area contributed by atoms with E-state index in [1.54, 1.807) is 13.8 Å².